The molecule has 4 N–H and O–H groups in total. The molecule has 5 nitrogen and oxygen atoms in total. The zero-order chi connectivity index (χ0) is 13.5. The largest absolute Gasteiger partial charge is 0.480 e. The summed E-state index contributed by atoms with van der Waals surface area (Å²) in [7, 11) is 0. The number of carboxylic acids is 1. The van der Waals surface area contributed by atoms with Crippen LogP contribution in [0.25, 0.3) is 0 Å². The number of aliphatic carboxylic acids is 1. The van der Waals surface area contributed by atoms with Gasteiger partial charge in [0.2, 0.25) is 5.91 Å². The van der Waals surface area contributed by atoms with Crippen molar-refractivity contribution in [1.82, 2.24) is 0 Å². The van der Waals surface area contributed by atoms with Crippen molar-refractivity contribution in [1.29, 1.82) is 0 Å². The van der Waals surface area contributed by atoms with Gasteiger partial charge in [-0.2, -0.15) is 0 Å². The van der Waals surface area contributed by atoms with Gasteiger partial charge in [-0.3, -0.25) is 9.59 Å². The van der Waals surface area contributed by atoms with Crippen LogP contribution in [0.1, 0.15) is 25.3 Å². The number of carbonyl (C=O) groups is 2. The first-order chi connectivity index (χ1) is 8.52. The predicted molar refractivity (Wildman–Crippen MR) is 69.3 cm³/mol. The second-order valence-electron chi connectivity index (χ2n) is 4.08. The van der Waals surface area contributed by atoms with E-state index < -0.39 is 12.0 Å². The smallest absolute Gasteiger partial charge is 0.320 e. The van der Waals surface area contributed by atoms with Gasteiger partial charge in [0, 0.05) is 12.1 Å². The van der Waals surface area contributed by atoms with Gasteiger partial charge in [0.1, 0.15) is 6.04 Å². The summed E-state index contributed by atoms with van der Waals surface area (Å²) in [5.74, 6) is -1.31. The van der Waals surface area contributed by atoms with Crippen LogP contribution in [0, 0.1) is 0 Å². The Hall–Kier alpha value is -1.88. The first kappa shape index (κ1) is 14.2. The molecule has 1 unspecified atom stereocenters. The zero-order valence-corrected chi connectivity index (χ0v) is 10.3. The van der Waals surface area contributed by atoms with Gasteiger partial charge in [0.05, 0.1) is 0 Å². The highest BCUT2D eigenvalue weighted by atomic mass is 16.4. The van der Waals surface area contributed by atoms with E-state index >= 15 is 0 Å². The van der Waals surface area contributed by atoms with Crippen LogP contribution in [0.4, 0.5) is 5.69 Å². The second kappa shape index (κ2) is 6.76. The summed E-state index contributed by atoms with van der Waals surface area (Å²) in [5.41, 5.74) is 7.22. The van der Waals surface area contributed by atoms with Gasteiger partial charge >= 0.3 is 5.97 Å². The zero-order valence-electron chi connectivity index (χ0n) is 10.3. The minimum Gasteiger partial charge on any atom is -0.480 e. The minimum atomic E-state index is -1.09. The van der Waals surface area contributed by atoms with Crippen molar-refractivity contribution in [2.45, 2.75) is 32.2 Å². The molecule has 0 aliphatic rings. The molecule has 0 fully saturated rings. The lowest BCUT2D eigenvalue weighted by molar-refractivity contribution is -0.138. The molecule has 0 aliphatic carbocycles. The number of benzene rings is 1. The molecule has 0 bridgehead atoms. The number of anilines is 1. The summed E-state index contributed by atoms with van der Waals surface area (Å²) >= 11 is 0. The van der Waals surface area contributed by atoms with E-state index in [2.05, 4.69) is 12.2 Å². The summed E-state index contributed by atoms with van der Waals surface area (Å²) in [4.78, 5) is 22.0. The van der Waals surface area contributed by atoms with Gasteiger partial charge in [-0.05, 0) is 30.5 Å². The average molecular weight is 250 g/mol. The van der Waals surface area contributed by atoms with E-state index in [1.54, 1.807) is 0 Å². The molecule has 98 valence electrons. The number of amides is 1. The molecule has 0 saturated carbocycles. The minimum absolute atomic E-state index is 0.100. The van der Waals surface area contributed by atoms with Crippen LogP contribution >= 0.6 is 0 Å². The number of nitrogens with two attached hydrogens (primary N) is 1. The lowest BCUT2D eigenvalue weighted by Gasteiger charge is -2.08. The maximum Gasteiger partial charge on any atom is 0.320 e. The van der Waals surface area contributed by atoms with Crippen molar-refractivity contribution >= 4 is 17.6 Å². The Morgan fingerprint density at radius 3 is 2.44 bits per heavy atom. The number of hydrogen-bond donors (Lipinski definition) is 3. The van der Waals surface area contributed by atoms with E-state index in [9.17, 15) is 9.59 Å². The summed E-state index contributed by atoms with van der Waals surface area (Å²) in [5, 5.41) is 11.3. The Kier molecular flexibility index (Phi) is 5.32. The number of hydrogen-bond acceptors (Lipinski definition) is 3. The second-order valence-corrected chi connectivity index (χ2v) is 4.08. The molecule has 0 saturated heterocycles. The standard InChI is InChI=1S/C13H18N2O3/c1-2-9-3-5-10(6-4-9)15-12(16)8-7-11(14)13(17)18/h3-6,11H,2,7-8,14H2,1H3,(H,15,16)(H,17,18). The molecule has 18 heavy (non-hydrogen) atoms. The summed E-state index contributed by atoms with van der Waals surface area (Å²) < 4.78 is 0. The van der Waals surface area contributed by atoms with Crippen LogP contribution in [0.5, 0.6) is 0 Å². The predicted octanol–water partition coefficient (Wildman–Crippen LogP) is 1.38. The van der Waals surface area contributed by atoms with Crippen molar-refractivity contribution in [3.05, 3.63) is 29.8 Å². The number of aryl methyl sites for hydroxylation is 1. The normalized spacial score (nSPS) is 11.9. The van der Waals surface area contributed by atoms with Crippen LogP contribution in [0.3, 0.4) is 0 Å². The van der Waals surface area contributed by atoms with Crippen molar-refractivity contribution < 1.29 is 14.7 Å². The van der Waals surface area contributed by atoms with Gasteiger partial charge in [-0.25, -0.2) is 0 Å². The molecular formula is C13H18N2O3. The molecule has 1 aromatic rings. The highest BCUT2D eigenvalue weighted by Gasteiger charge is 2.13. The van der Waals surface area contributed by atoms with Crippen LogP contribution in [0.2, 0.25) is 0 Å². The Morgan fingerprint density at radius 2 is 1.94 bits per heavy atom. The van der Waals surface area contributed by atoms with Crippen LogP contribution in [-0.4, -0.2) is 23.0 Å². The highest BCUT2D eigenvalue weighted by molar-refractivity contribution is 5.91. The Balaban J connectivity index is 2.42. The Morgan fingerprint density at radius 1 is 1.33 bits per heavy atom. The Labute approximate surface area is 106 Å². The van der Waals surface area contributed by atoms with Crippen LogP contribution in [-0.2, 0) is 16.0 Å². The molecule has 0 heterocycles. The SMILES string of the molecule is CCc1ccc(NC(=O)CCC(N)C(=O)O)cc1. The topological polar surface area (TPSA) is 92.4 Å². The fourth-order valence-corrected chi connectivity index (χ4v) is 1.46. The third-order valence-corrected chi connectivity index (χ3v) is 2.65. The maximum absolute atomic E-state index is 11.5. The first-order valence-corrected chi connectivity index (χ1v) is 5.90. The van der Waals surface area contributed by atoms with Gasteiger partial charge in [-0.15, -0.1) is 0 Å². The van der Waals surface area contributed by atoms with E-state index in [0.29, 0.717) is 5.69 Å². The molecule has 1 amide bonds. The molecule has 0 aromatic heterocycles. The average Bonchev–Trinajstić information content (AvgIpc) is 2.36. The molecule has 5 heteroatoms. The van der Waals surface area contributed by atoms with E-state index in [0.717, 1.165) is 6.42 Å². The Bertz CT molecular complexity index is 415. The maximum atomic E-state index is 11.5. The third kappa shape index (κ3) is 4.55. The fraction of sp³-hybridized carbons (Fsp3) is 0.385. The van der Waals surface area contributed by atoms with Gasteiger partial charge in [0.15, 0.2) is 0 Å². The number of nitrogens with one attached hydrogen (secondary N) is 1. The third-order valence-electron chi connectivity index (χ3n) is 2.65. The molecule has 0 radical (unpaired) electrons. The molecule has 0 aliphatic heterocycles. The van der Waals surface area contributed by atoms with E-state index in [4.69, 9.17) is 10.8 Å². The van der Waals surface area contributed by atoms with Gasteiger partial charge < -0.3 is 16.2 Å². The van der Waals surface area contributed by atoms with Crippen molar-refractivity contribution in [2.75, 3.05) is 5.32 Å². The van der Waals surface area contributed by atoms with Gasteiger partial charge in [-0.1, -0.05) is 19.1 Å². The number of carbonyl (C=O) groups excluding carboxylic acids is 1. The summed E-state index contributed by atoms with van der Waals surface area (Å²) in [6.45, 7) is 2.06. The molecule has 1 atom stereocenters. The first-order valence-electron chi connectivity index (χ1n) is 5.90. The molecule has 1 aromatic carbocycles. The molecule has 1 rings (SSSR count). The molecule has 0 spiro atoms. The van der Waals surface area contributed by atoms with Crippen molar-refractivity contribution in [2.24, 2.45) is 5.73 Å². The lowest BCUT2D eigenvalue weighted by atomic mass is 10.1. The van der Waals surface area contributed by atoms with E-state index in [-0.39, 0.29) is 18.7 Å². The summed E-state index contributed by atoms with van der Waals surface area (Å²) in [6, 6.07) is 6.55. The van der Waals surface area contributed by atoms with Gasteiger partial charge in [0.25, 0.3) is 0 Å². The molecular weight excluding hydrogens is 232 g/mol. The quantitative estimate of drug-likeness (QED) is 0.711. The van der Waals surface area contributed by atoms with Crippen molar-refractivity contribution in [3.8, 4) is 0 Å². The fourth-order valence-electron chi connectivity index (χ4n) is 1.46. The number of carboxylic acid groups (broad SMARTS) is 1. The van der Waals surface area contributed by atoms with Crippen molar-refractivity contribution in [3.63, 3.8) is 0 Å². The van der Waals surface area contributed by atoms with E-state index in [1.807, 2.05) is 24.3 Å². The van der Waals surface area contributed by atoms with Crippen LogP contribution < -0.4 is 11.1 Å². The monoisotopic (exact) mass is 250 g/mol. The van der Waals surface area contributed by atoms with E-state index in [1.165, 1.54) is 5.56 Å². The summed E-state index contributed by atoms with van der Waals surface area (Å²) in [6.07, 6.45) is 1.18. The lowest BCUT2D eigenvalue weighted by Crippen LogP contribution is -2.31. The number of rotatable bonds is 6. The van der Waals surface area contributed by atoms with Crippen LogP contribution in [0.15, 0.2) is 24.3 Å². The highest BCUT2D eigenvalue weighted by Crippen LogP contribution is 2.10.